The van der Waals surface area contributed by atoms with Crippen molar-refractivity contribution in [3.05, 3.63) is 35.5 Å². The first-order valence-electron chi connectivity index (χ1n) is 6.39. The average molecular weight is 263 g/mol. The van der Waals surface area contributed by atoms with Gasteiger partial charge in [0.05, 0.1) is 0 Å². The van der Waals surface area contributed by atoms with Gasteiger partial charge < -0.3 is 10.3 Å². The summed E-state index contributed by atoms with van der Waals surface area (Å²) in [4.78, 5) is 4.32. The van der Waals surface area contributed by atoms with Crippen molar-refractivity contribution in [2.45, 2.75) is 26.7 Å². The Labute approximate surface area is 111 Å². The molecular weight excluding hydrogens is 245 g/mol. The summed E-state index contributed by atoms with van der Waals surface area (Å²) in [5, 5.41) is 3.92. The van der Waals surface area contributed by atoms with Gasteiger partial charge in [-0.15, -0.1) is 0 Å². The van der Waals surface area contributed by atoms with Crippen molar-refractivity contribution >= 4 is 0 Å². The lowest BCUT2D eigenvalue weighted by Gasteiger charge is -2.04. The maximum absolute atomic E-state index is 13.2. The van der Waals surface area contributed by atoms with E-state index in [1.54, 1.807) is 19.1 Å². The fourth-order valence-electron chi connectivity index (χ4n) is 1.75. The van der Waals surface area contributed by atoms with Gasteiger partial charge in [-0.25, -0.2) is 4.39 Å². The van der Waals surface area contributed by atoms with Gasteiger partial charge in [-0.3, -0.25) is 0 Å². The molecule has 19 heavy (non-hydrogen) atoms. The Balaban J connectivity index is 2.09. The van der Waals surface area contributed by atoms with Crippen LogP contribution >= 0.6 is 0 Å². The summed E-state index contributed by atoms with van der Waals surface area (Å²) in [6.45, 7) is 4.45. The Morgan fingerprint density at radius 3 is 2.89 bits per heavy atom. The van der Waals surface area contributed by atoms with E-state index in [1.807, 2.05) is 0 Å². The first-order chi connectivity index (χ1) is 9.10. The third-order valence-corrected chi connectivity index (χ3v) is 3.14. The molecule has 5 heteroatoms. The summed E-state index contributed by atoms with van der Waals surface area (Å²) in [5.74, 6) is 1.29. The normalized spacial score (nSPS) is 12.6. The molecule has 1 aromatic carbocycles. The quantitative estimate of drug-likeness (QED) is 0.900. The van der Waals surface area contributed by atoms with Gasteiger partial charge in [0.25, 0.3) is 0 Å². The lowest BCUT2D eigenvalue weighted by Crippen LogP contribution is -2.11. The lowest BCUT2D eigenvalue weighted by molar-refractivity contribution is 0.366. The van der Waals surface area contributed by atoms with Crippen LogP contribution in [0.25, 0.3) is 11.4 Å². The van der Waals surface area contributed by atoms with Gasteiger partial charge >= 0.3 is 0 Å². The first kappa shape index (κ1) is 13.7. The van der Waals surface area contributed by atoms with Gasteiger partial charge in [0.1, 0.15) is 5.82 Å². The third kappa shape index (κ3) is 3.38. The molecule has 102 valence electrons. The van der Waals surface area contributed by atoms with Crippen molar-refractivity contribution in [1.29, 1.82) is 0 Å². The van der Waals surface area contributed by atoms with Crippen LogP contribution in [0.1, 0.15) is 24.8 Å². The van der Waals surface area contributed by atoms with Crippen LogP contribution in [0.3, 0.4) is 0 Å². The van der Waals surface area contributed by atoms with E-state index in [2.05, 4.69) is 17.1 Å². The van der Waals surface area contributed by atoms with Crippen LogP contribution < -0.4 is 5.73 Å². The molecule has 0 aliphatic heterocycles. The zero-order valence-electron chi connectivity index (χ0n) is 11.2. The number of aromatic nitrogens is 2. The molecule has 0 aliphatic rings. The lowest BCUT2D eigenvalue weighted by atomic mass is 10.1. The Kier molecular flexibility index (Phi) is 4.27. The van der Waals surface area contributed by atoms with E-state index in [0.717, 1.165) is 12.0 Å². The zero-order chi connectivity index (χ0) is 13.8. The number of rotatable bonds is 5. The number of hydrogen-bond donors (Lipinski definition) is 1. The van der Waals surface area contributed by atoms with E-state index in [0.29, 0.717) is 36.2 Å². The van der Waals surface area contributed by atoms with Crippen molar-refractivity contribution in [2.75, 3.05) is 6.54 Å². The molecule has 0 saturated carbocycles. The molecule has 0 radical (unpaired) electrons. The van der Waals surface area contributed by atoms with Gasteiger partial charge in [0.2, 0.25) is 11.7 Å². The van der Waals surface area contributed by atoms with Gasteiger partial charge in [-0.05, 0) is 49.6 Å². The monoisotopic (exact) mass is 263 g/mol. The van der Waals surface area contributed by atoms with Crippen LogP contribution in [0.15, 0.2) is 22.7 Å². The van der Waals surface area contributed by atoms with Crippen LogP contribution in [0, 0.1) is 18.7 Å². The molecule has 1 heterocycles. The molecule has 0 spiro atoms. The summed E-state index contributed by atoms with van der Waals surface area (Å²) in [6.07, 6.45) is 1.63. The smallest absolute Gasteiger partial charge is 0.226 e. The molecule has 1 aromatic heterocycles. The van der Waals surface area contributed by atoms with Crippen molar-refractivity contribution in [1.82, 2.24) is 10.1 Å². The minimum Gasteiger partial charge on any atom is -0.339 e. The summed E-state index contributed by atoms with van der Waals surface area (Å²) >= 11 is 0. The van der Waals surface area contributed by atoms with E-state index in [1.165, 1.54) is 6.07 Å². The molecule has 0 amide bonds. The SMILES string of the molecule is Cc1cc(-c2noc(CCC(C)CN)n2)ccc1F. The number of benzene rings is 1. The van der Waals surface area contributed by atoms with E-state index in [4.69, 9.17) is 10.3 Å². The predicted molar refractivity (Wildman–Crippen MR) is 71.0 cm³/mol. The molecule has 2 N–H and O–H groups in total. The van der Waals surface area contributed by atoms with Crippen LogP contribution in [-0.4, -0.2) is 16.7 Å². The topological polar surface area (TPSA) is 64.9 Å². The van der Waals surface area contributed by atoms with E-state index in [-0.39, 0.29) is 5.82 Å². The summed E-state index contributed by atoms with van der Waals surface area (Å²) in [5.41, 5.74) is 6.90. The van der Waals surface area contributed by atoms with Gasteiger partial charge in [-0.1, -0.05) is 12.1 Å². The molecule has 2 aromatic rings. The Morgan fingerprint density at radius 1 is 1.42 bits per heavy atom. The number of nitrogens with two attached hydrogens (primary N) is 1. The molecule has 1 unspecified atom stereocenters. The standard InChI is InChI=1S/C14H18FN3O/c1-9(8-16)3-6-13-17-14(18-19-13)11-4-5-12(15)10(2)7-11/h4-5,7,9H,3,6,8,16H2,1-2H3. The van der Waals surface area contributed by atoms with E-state index >= 15 is 0 Å². The highest BCUT2D eigenvalue weighted by molar-refractivity contribution is 5.55. The van der Waals surface area contributed by atoms with Crippen LogP contribution in [0.5, 0.6) is 0 Å². The number of halogens is 1. The largest absolute Gasteiger partial charge is 0.339 e. The van der Waals surface area contributed by atoms with Crippen LogP contribution in [0.2, 0.25) is 0 Å². The Hall–Kier alpha value is -1.75. The number of hydrogen-bond acceptors (Lipinski definition) is 4. The fourth-order valence-corrected chi connectivity index (χ4v) is 1.75. The molecule has 1 atom stereocenters. The highest BCUT2D eigenvalue weighted by atomic mass is 19.1. The predicted octanol–water partition coefficient (Wildman–Crippen LogP) is 2.71. The van der Waals surface area contributed by atoms with Crippen molar-refractivity contribution < 1.29 is 8.91 Å². The Morgan fingerprint density at radius 2 is 2.21 bits per heavy atom. The van der Waals surface area contributed by atoms with Crippen LogP contribution in [0.4, 0.5) is 4.39 Å². The van der Waals surface area contributed by atoms with Crippen LogP contribution in [-0.2, 0) is 6.42 Å². The molecule has 4 nitrogen and oxygen atoms in total. The molecule has 2 rings (SSSR count). The fraction of sp³-hybridized carbons (Fsp3) is 0.429. The summed E-state index contributed by atoms with van der Waals surface area (Å²) in [6, 6.07) is 4.78. The zero-order valence-corrected chi connectivity index (χ0v) is 11.2. The number of aryl methyl sites for hydroxylation is 2. The van der Waals surface area contributed by atoms with Gasteiger partial charge in [0.15, 0.2) is 0 Å². The molecule has 0 aliphatic carbocycles. The molecule has 0 saturated heterocycles. The van der Waals surface area contributed by atoms with E-state index in [9.17, 15) is 4.39 Å². The van der Waals surface area contributed by atoms with Gasteiger partial charge in [0, 0.05) is 12.0 Å². The maximum atomic E-state index is 13.2. The summed E-state index contributed by atoms with van der Waals surface area (Å²) < 4.78 is 18.4. The van der Waals surface area contributed by atoms with Crippen molar-refractivity contribution in [3.8, 4) is 11.4 Å². The third-order valence-electron chi connectivity index (χ3n) is 3.14. The second-order valence-corrected chi connectivity index (χ2v) is 4.86. The second kappa shape index (κ2) is 5.93. The summed E-state index contributed by atoms with van der Waals surface area (Å²) in [7, 11) is 0. The maximum Gasteiger partial charge on any atom is 0.226 e. The molecule has 0 fully saturated rings. The Bertz CT molecular complexity index is 553. The number of nitrogens with zero attached hydrogens (tertiary/aromatic N) is 2. The molecule has 0 bridgehead atoms. The molecular formula is C14H18FN3O. The first-order valence-corrected chi connectivity index (χ1v) is 6.39. The minimum atomic E-state index is -0.232. The van der Waals surface area contributed by atoms with E-state index < -0.39 is 0 Å². The average Bonchev–Trinajstić information content (AvgIpc) is 2.88. The van der Waals surface area contributed by atoms with Crippen molar-refractivity contribution in [2.24, 2.45) is 11.7 Å². The minimum absolute atomic E-state index is 0.232. The highest BCUT2D eigenvalue weighted by Gasteiger charge is 2.11. The highest BCUT2D eigenvalue weighted by Crippen LogP contribution is 2.19. The van der Waals surface area contributed by atoms with Gasteiger partial charge in [-0.2, -0.15) is 4.98 Å². The second-order valence-electron chi connectivity index (χ2n) is 4.86. The van der Waals surface area contributed by atoms with Crippen molar-refractivity contribution in [3.63, 3.8) is 0 Å².